The largest absolute Gasteiger partial charge is 0.366 e. The molecule has 0 spiro atoms. The SMILES string of the molecule is CC1(C)CCC(CN2C3CCC2CN(c2cc4c(cc2F)CN(C2CCC(=O)NC2=O)C4)C3)=C(c2ccc(Cl)cc2)C1. The van der Waals surface area contributed by atoms with Crippen LogP contribution in [0, 0.1) is 11.2 Å². The Hall–Kier alpha value is -2.74. The van der Waals surface area contributed by atoms with Gasteiger partial charge in [-0.05, 0) is 90.5 Å². The number of nitrogens with one attached hydrogen (secondary N) is 1. The average Bonchev–Trinajstić information content (AvgIpc) is 3.44. The first-order chi connectivity index (χ1) is 20.1. The van der Waals surface area contributed by atoms with Crippen molar-refractivity contribution in [2.24, 2.45) is 5.41 Å². The Balaban J connectivity index is 1.08. The number of carbonyl (C=O) groups excluding carboxylic acids is 2. The number of rotatable bonds is 5. The second-order valence-corrected chi connectivity index (χ2v) is 14.3. The Morgan fingerprint density at radius 1 is 0.976 bits per heavy atom. The summed E-state index contributed by atoms with van der Waals surface area (Å²) in [5.41, 5.74) is 7.34. The number of piperazine rings is 1. The number of allylic oxidation sites excluding steroid dienone is 1. The van der Waals surface area contributed by atoms with Gasteiger partial charge in [-0.3, -0.25) is 24.7 Å². The van der Waals surface area contributed by atoms with Crippen LogP contribution in [0.2, 0.25) is 5.02 Å². The number of hydrogen-bond donors (Lipinski definition) is 1. The van der Waals surface area contributed by atoms with Crippen LogP contribution in [0.1, 0.15) is 75.5 Å². The summed E-state index contributed by atoms with van der Waals surface area (Å²) in [7, 11) is 0. The van der Waals surface area contributed by atoms with E-state index in [1.807, 2.05) is 18.2 Å². The highest BCUT2D eigenvalue weighted by Gasteiger charge is 2.42. The topological polar surface area (TPSA) is 55.9 Å². The number of anilines is 1. The number of amides is 2. The molecule has 1 N–H and O–H groups in total. The summed E-state index contributed by atoms with van der Waals surface area (Å²) in [5, 5.41) is 3.23. The van der Waals surface area contributed by atoms with Crippen LogP contribution in [0.3, 0.4) is 0 Å². The minimum atomic E-state index is -0.335. The molecule has 4 aliphatic heterocycles. The van der Waals surface area contributed by atoms with Gasteiger partial charge in [0.15, 0.2) is 0 Å². The van der Waals surface area contributed by atoms with Gasteiger partial charge in [0.05, 0.1) is 11.7 Å². The van der Waals surface area contributed by atoms with Gasteiger partial charge in [-0.15, -0.1) is 0 Å². The van der Waals surface area contributed by atoms with Gasteiger partial charge in [-0.2, -0.15) is 0 Å². The van der Waals surface area contributed by atoms with Crippen molar-refractivity contribution < 1.29 is 14.0 Å². The van der Waals surface area contributed by atoms with Crippen LogP contribution < -0.4 is 10.2 Å². The van der Waals surface area contributed by atoms with Crippen molar-refractivity contribution in [1.82, 2.24) is 15.1 Å². The average molecular weight is 591 g/mol. The highest BCUT2D eigenvalue weighted by atomic mass is 35.5. The van der Waals surface area contributed by atoms with E-state index in [1.54, 1.807) is 11.6 Å². The fraction of sp³-hybridized carbons (Fsp3) is 0.529. The Morgan fingerprint density at radius 2 is 1.67 bits per heavy atom. The van der Waals surface area contributed by atoms with Crippen LogP contribution in [0.5, 0.6) is 0 Å². The molecule has 0 radical (unpaired) electrons. The molecule has 2 aromatic rings. The summed E-state index contributed by atoms with van der Waals surface area (Å²) >= 11 is 6.22. The van der Waals surface area contributed by atoms with Crippen molar-refractivity contribution in [3.8, 4) is 0 Å². The summed E-state index contributed by atoms with van der Waals surface area (Å²) in [6, 6.07) is 12.5. The number of carbonyl (C=O) groups is 2. The summed E-state index contributed by atoms with van der Waals surface area (Å²) in [6.45, 7) is 8.55. The van der Waals surface area contributed by atoms with Gasteiger partial charge in [0.25, 0.3) is 0 Å². The highest BCUT2D eigenvalue weighted by molar-refractivity contribution is 6.30. The van der Waals surface area contributed by atoms with Gasteiger partial charge in [-0.25, -0.2) is 4.39 Å². The molecule has 0 saturated carbocycles. The fourth-order valence-electron chi connectivity index (χ4n) is 8.06. The van der Waals surface area contributed by atoms with Crippen molar-refractivity contribution in [2.75, 3.05) is 24.5 Å². The Kier molecular flexibility index (Phi) is 7.19. The number of fused-ring (bicyclic) bond motifs is 3. The van der Waals surface area contributed by atoms with Gasteiger partial charge in [0.2, 0.25) is 11.8 Å². The first-order valence-electron chi connectivity index (χ1n) is 15.5. The van der Waals surface area contributed by atoms with Gasteiger partial charge >= 0.3 is 0 Å². The summed E-state index contributed by atoms with van der Waals surface area (Å²) in [4.78, 5) is 31.1. The van der Waals surface area contributed by atoms with Crippen LogP contribution >= 0.6 is 11.6 Å². The standard InChI is InChI=1S/C34H40ClFN4O2/c1-34(2)12-11-22(28(15-34)21-3-5-25(35)6-4-21)18-40-26-7-8-27(40)20-39(19-26)31-14-24-17-38(16-23(24)13-29(31)36)30-9-10-32(41)37-33(30)42/h3-6,13-14,26-27,30H,7-12,15-20H2,1-2H3,(H,37,41,42). The molecule has 3 fully saturated rings. The Bertz CT molecular complexity index is 1440. The third-order valence-corrected chi connectivity index (χ3v) is 10.6. The van der Waals surface area contributed by atoms with Gasteiger partial charge in [0, 0.05) is 56.3 Å². The number of nitrogens with zero attached hydrogens (tertiary/aromatic N) is 3. The van der Waals surface area contributed by atoms with Crippen LogP contribution in [0.4, 0.5) is 10.1 Å². The zero-order chi connectivity index (χ0) is 29.2. The Labute approximate surface area is 252 Å². The van der Waals surface area contributed by atoms with E-state index in [0.717, 1.165) is 61.5 Å². The molecule has 3 atom stereocenters. The van der Waals surface area contributed by atoms with E-state index in [0.29, 0.717) is 43.7 Å². The molecule has 0 aromatic heterocycles. The Morgan fingerprint density at radius 3 is 2.36 bits per heavy atom. The molecule has 5 aliphatic rings. The molecule has 1 aliphatic carbocycles. The van der Waals surface area contributed by atoms with Crippen LogP contribution in [-0.4, -0.2) is 59.4 Å². The molecule has 222 valence electrons. The van der Waals surface area contributed by atoms with E-state index < -0.39 is 0 Å². The molecule has 3 saturated heterocycles. The quantitative estimate of drug-likeness (QED) is 0.438. The van der Waals surface area contributed by atoms with E-state index in [-0.39, 0.29) is 29.1 Å². The van der Waals surface area contributed by atoms with Crippen molar-refractivity contribution in [1.29, 1.82) is 0 Å². The molecule has 2 bridgehead atoms. The molecule has 4 heterocycles. The number of benzene rings is 2. The van der Waals surface area contributed by atoms with Gasteiger partial charge in [0.1, 0.15) is 5.82 Å². The first kappa shape index (κ1) is 28.1. The summed E-state index contributed by atoms with van der Waals surface area (Å²) in [6.07, 6.45) is 6.56. The van der Waals surface area contributed by atoms with Crippen molar-refractivity contribution in [3.63, 3.8) is 0 Å². The van der Waals surface area contributed by atoms with E-state index in [1.165, 1.54) is 17.6 Å². The molecule has 42 heavy (non-hydrogen) atoms. The summed E-state index contributed by atoms with van der Waals surface area (Å²) < 4.78 is 15.6. The van der Waals surface area contributed by atoms with Gasteiger partial charge < -0.3 is 4.90 Å². The molecular formula is C34H40ClFN4O2. The van der Waals surface area contributed by atoms with Crippen LogP contribution in [-0.2, 0) is 22.7 Å². The highest BCUT2D eigenvalue weighted by Crippen LogP contribution is 2.45. The predicted molar refractivity (Wildman–Crippen MR) is 164 cm³/mol. The first-order valence-corrected chi connectivity index (χ1v) is 15.9. The van der Waals surface area contributed by atoms with E-state index >= 15 is 4.39 Å². The molecule has 3 unspecified atom stereocenters. The number of piperidine rings is 1. The van der Waals surface area contributed by atoms with Crippen molar-refractivity contribution in [2.45, 2.75) is 90.0 Å². The predicted octanol–water partition coefficient (Wildman–Crippen LogP) is 5.92. The lowest BCUT2D eigenvalue weighted by molar-refractivity contribution is -0.137. The number of imide groups is 1. The maximum Gasteiger partial charge on any atom is 0.243 e. The zero-order valence-corrected chi connectivity index (χ0v) is 25.4. The lowest BCUT2D eigenvalue weighted by Gasteiger charge is -2.44. The monoisotopic (exact) mass is 590 g/mol. The second-order valence-electron chi connectivity index (χ2n) is 13.8. The molecule has 8 heteroatoms. The lowest BCUT2D eigenvalue weighted by atomic mass is 9.72. The summed E-state index contributed by atoms with van der Waals surface area (Å²) in [5.74, 6) is -0.614. The third kappa shape index (κ3) is 5.29. The molecule has 2 aromatic carbocycles. The molecule has 2 amide bonds. The van der Waals surface area contributed by atoms with Crippen LogP contribution in [0.15, 0.2) is 42.0 Å². The van der Waals surface area contributed by atoms with Crippen molar-refractivity contribution in [3.05, 3.63) is 69.5 Å². The smallest absolute Gasteiger partial charge is 0.243 e. The molecular weight excluding hydrogens is 551 g/mol. The van der Waals surface area contributed by atoms with Crippen molar-refractivity contribution >= 4 is 34.7 Å². The van der Waals surface area contributed by atoms with E-state index in [4.69, 9.17) is 11.6 Å². The fourth-order valence-corrected chi connectivity index (χ4v) is 8.18. The minimum Gasteiger partial charge on any atom is -0.366 e. The zero-order valence-electron chi connectivity index (χ0n) is 24.6. The van der Waals surface area contributed by atoms with Gasteiger partial charge in [-0.1, -0.05) is 43.2 Å². The normalized spacial score (nSPS) is 27.9. The minimum absolute atomic E-state index is 0.172. The second kappa shape index (κ2) is 10.8. The maximum absolute atomic E-state index is 15.6. The molecule has 6 nitrogen and oxygen atoms in total. The maximum atomic E-state index is 15.6. The third-order valence-electron chi connectivity index (χ3n) is 10.4. The number of halogens is 2. The molecule has 7 rings (SSSR count). The van der Waals surface area contributed by atoms with Crippen LogP contribution in [0.25, 0.3) is 5.57 Å². The lowest BCUT2D eigenvalue weighted by Crippen LogP contribution is -2.54. The number of hydrogen-bond acceptors (Lipinski definition) is 5. The van der Waals surface area contributed by atoms with E-state index in [9.17, 15) is 9.59 Å². The van der Waals surface area contributed by atoms with E-state index in [2.05, 4.69) is 46.0 Å².